The largest absolute Gasteiger partial charge is 0.468 e. The summed E-state index contributed by atoms with van der Waals surface area (Å²) >= 11 is 0. The van der Waals surface area contributed by atoms with Gasteiger partial charge in [0.15, 0.2) is 42.3 Å². The average molecular weight is 576 g/mol. The highest BCUT2D eigenvalue weighted by atomic mass is 16.7. The van der Waals surface area contributed by atoms with Gasteiger partial charge in [-0.05, 0) is 20.0 Å². The summed E-state index contributed by atoms with van der Waals surface area (Å²) in [4.78, 5) is 99.2. The van der Waals surface area contributed by atoms with E-state index in [0.29, 0.717) is 0 Å². The number of carbonyl (C=O) groups excluding carboxylic acids is 4. The summed E-state index contributed by atoms with van der Waals surface area (Å²) in [5.41, 5.74) is -9.82. The summed E-state index contributed by atoms with van der Waals surface area (Å²) in [7, 11) is 2.89. The average Bonchev–Trinajstić information content (AvgIpc) is 2.89. The summed E-state index contributed by atoms with van der Waals surface area (Å²) in [6, 6.07) is 0. The Morgan fingerprint density at radius 1 is 0.475 bits per heavy atom. The Morgan fingerprint density at radius 3 is 0.725 bits per heavy atom. The second-order valence-electron chi connectivity index (χ2n) is 9.29. The molecule has 24 nitrogen and oxygen atoms in total. The zero-order valence-electron chi connectivity index (χ0n) is 20.4. The molecule has 6 rings (SSSR count). The van der Waals surface area contributed by atoms with Crippen molar-refractivity contribution in [2.75, 3.05) is 28.4 Å². The topological polar surface area (TPSA) is 291 Å². The normalized spacial score (nSPS) is 37.1. The minimum atomic E-state index is -2.46. The highest BCUT2D eigenvalue weighted by Gasteiger charge is 3.32. The summed E-state index contributed by atoms with van der Waals surface area (Å²) < 4.78 is 17.8. The molecule has 0 saturated heterocycles. The first-order valence-corrected chi connectivity index (χ1v) is 10.8. The second-order valence-corrected chi connectivity index (χ2v) is 9.29. The van der Waals surface area contributed by atoms with E-state index in [1.165, 1.54) is 0 Å². The number of carbonyl (C=O) groups is 4. The fourth-order valence-corrected chi connectivity index (χ4v) is 9.05. The highest BCUT2D eigenvalue weighted by molar-refractivity contribution is 5.89. The van der Waals surface area contributed by atoms with Crippen molar-refractivity contribution in [2.24, 2.45) is 23.7 Å². The van der Waals surface area contributed by atoms with Gasteiger partial charge in [-0.2, -0.15) is 0 Å². The van der Waals surface area contributed by atoms with Gasteiger partial charge in [-0.15, -0.1) is 0 Å². The van der Waals surface area contributed by atoms with Gasteiger partial charge in [0.2, 0.25) is 0 Å². The molecule has 0 heterocycles. The Bertz CT molecular complexity index is 1130. The van der Waals surface area contributed by atoms with Crippen LogP contribution in [0.3, 0.4) is 0 Å². The van der Waals surface area contributed by atoms with E-state index in [4.69, 9.17) is 0 Å². The lowest BCUT2D eigenvalue weighted by Crippen LogP contribution is -3.35. The molecule has 0 aromatic carbocycles. The van der Waals surface area contributed by atoms with Crippen LogP contribution in [0.15, 0.2) is 0 Å². The van der Waals surface area contributed by atoms with Crippen molar-refractivity contribution in [3.63, 3.8) is 0 Å². The third-order valence-electron chi connectivity index (χ3n) is 9.19. The van der Waals surface area contributed by atoms with Gasteiger partial charge in [-0.25, -0.2) is 59.6 Å². The maximum atomic E-state index is 12.6. The van der Waals surface area contributed by atoms with E-state index in [-0.39, 0.29) is 20.0 Å². The maximum Gasteiger partial charge on any atom is 0.468 e. The number of ether oxygens (including phenoxy) is 4. The number of nitrogens with zero attached hydrogens (tertiary/aromatic N) is 8. The monoisotopic (exact) mass is 576 g/mol. The Balaban J connectivity index is 1.82. The van der Waals surface area contributed by atoms with Crippen molar-refractivity contribution in [1.29, 1.82) is 0 Å². The van der Waals surface area contributed by atoms with Crippen LogP contribution in [0.4, 0.5) is 19.2 Å². The molecule has 0 aromatic rings. The molecule has 24 heteroatoms. The maximum absolute atomic E-state index is 12.6. The summed E-state index contributed by atoms with van der Waals surface area (Å²) in [5, 5.41) is 42.5. The van der Waals surface area contributed by atoms with Crippen LogP contribution in [-0.2, 0) is 18.9 Å². The quantitative estimate of drug-likeness (QED) is 0.181. The SMILES string of the molecule is COC(=O)N([N+](=O)[O-])C12C3C4C1(N(C(=O)OC)[N+](=O)[O-])C1C2C3(N(C(=O)OC)[N+](=O)[O-])C41N(C(=O)OC)[N+](=O)[O-]. The van der Waals surface area contributed by atoms with E-state index in [2.05, 4.69) is 18.9 Å². The van der Waals surface area contributed by atoms with Crippen molar-refractivity contribution in [1.82, 2.24) is 20.0 Å². The molecule has 0 radical (unpaired) electrons. The van der Waals surface area contributed by atoms with Crippen LogP contribution < -0.4 is 0 Å². The number of hydrazine groups is 4. The van der Waals surface area contributed by atoms with Crippen molar-refractivity contribution in [2.45, 2.75) is 22.2 Å². The number of hydrogen-bond donors (Lipinski definition) is 0. The molecule has 6 saturated carbocycles. The molecule has 6 fully saturated rings. The molecule has 0 atom stereocenters. The van der Waals surface area contributed by atoms with E-state index in [1.54, 1.807) is 0 Å². The van der Waals surface area contributed by atoms with Crippen LogP contribution in [0.1, 0.15) is 0 Å². The minimum Gasteiger partial charge on any atom is -0.449 e. The van der Waals surface area contributed by atoms with E-state index in [1.807, 2.05) is 0 Å². The number of hydrogen-bond acceptors (Lipinski definition) is 16. The van der Waals surface area contributed by atoms with Gasteiger partial charge in [0, 0.05) is 23.7 Å². The molecular formula is C16H16N8O16. The van der Waals surface area contributed by atoms with E-state index >= 15 is 0 Å². The lowest BCUT2D eigenvalue weighted by Gasteiger charge is -3.12. The van der Waals surface area contributed by atoms with Crippen LogP contribution >= 0.6 is 0 Å². The highest BCUT2D eigenvalue weighted by Crippen LogP contribution is 3.09. The first-order valence-electron chi connectivity index (χ1n) is 10.8. The Hall–Kier alpha value is -5.32. The molecule has 0 aliphatic heterocycles. The van der Waals surface area contributed by atoms with Gasteiger partial charge in [-0.3, -0.25) is 0 Å². The van der Waals surface area contributed by atoms with Crippen LogP contribution in [0.5, 0.6) is 0 Å². The van der Waals surface area contributed by atoms with Crippen molar-refractivity contribution in [3.05, 3.63) is 40.5 Å². The Morgan fingerprint density at radius 2 is 0.625 bits per heavy atom. The Kier molecular flexibility index (Phi) is 4.73. The summed E-state index contributed by atoms with van der Waals surface area (Å²) in [5.74, 6) is -6.82. The molecule has 0 bridgehead atoms. The third kappa shape index (κ3) is 1.86. The smallest absolute Gasteiger partial charge is 0.449 e. The van der Waals surface area contributed by atoms with Gasteiger partial charge < -0.3 is 18.9 Å². The summed E-state index contributed by atoms with van der Waals surface area (Å²) in [6.07, 6.45) is -6.82. The van der Waals surface area contributed by atoms with E-state index in [0.717, 1.165) is 28.4 Å². The van der Waals surface area contributed by atoms with Crippen molar-refractivity contribution < 1.29 is 58.3 Å². The van der Waals surface area contributed by atoms with Gasteiger partial charge in [0.25, 0.3) is 0 Å². The molecule has 0 aromatic heterocycles. The number of amides is 4. The lowest BCUT2D eigenvalue weighted by molar-refractivity contribution is -0.857. The number of methoxy groups -OCH3 is 4. The third-order valence-corrected chi connectivity index (χ3v) is 9.19. The molecule has 6 aliphatic carbocycles. The predicted molar refractivity (Wildman–Crippen MR) is 110 cm³/mol. The zero-order valence-corrected chi connectivity index (χ0v) is 20.4. The lowest BCUT2D eigenvalue weighted by atomic mass is 8.90. The summed E-state index contributed by atoms with van der Waals surface area (Å²) in [6.45, 7) is 0. The molecule has 0 spiro atoms. The molecule has 216 valence electrons. The second kappa shape index (κ2) is 7.20. The molecule has 0 unspecified atom stereocenters. The minimum absolute atomic E-state index is 0.194. The van der Waals surface area contributed by atoms with E-state index in [9.17, 15) is 59.6 Å². The van der Waals surface area contributed by atoms with Gasteiger partial charge in [0.1, 0.15) is 0 Å². The first kappa shape index (κ1) is 26.3. The van der Waals surface area contributed by atoms with Crippen LogP contribution in [0.25, 0.3) is 0 Å². The standard InChI is InChI=1S/C16H16N8O16/c1-37-9(25)17(21(29)30)13-5-7-14(13,18(22(31)32)10(26)38-2)8-6(13)15(5,19(23(33)34)11(27)39-3)16(7,8)20(24(35)36)12(28)40-4/h5-8H,1-4H3. The van der Waals surface area contributed by atoms with Gasteiger partial charge in [0.05, 0.1) is 28.4 Å². The molecule has 6 aliphatic rings. The first-order chi connectivity index (χ1) is 18.7. The zero-order chi connectivity index (χ0) is 30.1. The fourth-order valence-electron chi connectivity index (χ4n) is 9.05. The molecule has 0 N–H and O–H groups in total. The van der Waals surface area contributed by atoms with Crippen LogP contribution in [-0.4, -0.2) is 115 Å². The number of nitro groups is 4. The van der Waals surface area contributed by atoms with E-state index < -0.39 is 90.3 Å². The molecular weight excluding hydrogens is 560 g/mol. The van der Waals surface area contributed by atoms with Crippen LogP contribution in [0, 0.1) is 64.1 Å². The predicted octanol–water partition coefficient (Wildman–Crippen LogP) is -1.49. The van der Waals surface area contributed by atoms with Crippen molar-refractivity contribution in [3.8, 4) is 0 Å². The van der Waals surface area contributed by atoms with Crippen molar-refractivity contribution >= 4 is 24.4 Å². The Labute approximate surface area is 218 Å². The fraction of sp³-hybridized carbons (Fsp3) is 0.750. The van der Waals surface area contributed by atoms with Crippen LogP contribution in [0.2, 0.25) is 0 Å². The number of rotatable bonds is 8. The molecule has 4 amide bonds. The van der Waals surface area contributed by atoms with Gasteiger partial charge >= 0.3 is 24.4 Å². The van der Waals surface area contributed by atoms with Gasteiger partial charge in [-0.1, -0.05) is 0 Å². The molecule has 40 heavy (non-hydrogen) atoms.